The molecule has 2 heterocycles. The van der Waals surface area contributed by atoms with Gasteiger partial charge in [-0.2, -0.15) is 21.0 Å². The van der Waals surface area contributed by atoms with Crippen molar-refractivity contribution >= 4 is 43.6 Å². The van der Waals surface area contributed by atoms with Gasteiger partial charge in [0.1, 0.15) is 0 Å². The Morgan fingerprint density at radius 1 is 0.346 bits per heavy atom. The Hall–Kier alpha value is -7.90. The molecule has 6 nitrogen and oxygen atoms in total. The predicted molar refractivity (Wildman–Crippen MR) is 205 cm³/mol. The second-order valence-electron chi connectivity index (χ2n) is 12.6. The lowest BCUT2D eigenvalue weighted by atomic mass is 9.89. The Bertz CT molecular complexity index is 3010. The van der Waals surface area contributed by atoms with E-state index >= 15 is 0 Å². The first kappa shape index (κ1) is 30.2. The maximum atomic E-state index is 10.7. The normalized spacial score (nSPS) is 11.0. The summed E-state index contributed by atoms with van der Waals surface area (Å²) in [7, 11) is 0. The van der Waals surface area contributed by atoms with E-state index in [0.717, 1.165) is 77.2 Å². The van der Waals surface area contributed by atoms with Gasteiger partial charge in [-0.1, -0.05) is 66.7 Å². The summed E-state index contributed by atoms with van der Waals surface area (Å²) in [6.07, 6.45) is 0. The minimum Gasteiger partial charge on any atom is -0.309 e. The average Bonchev–Trinajstić information content (AvgIpc) is 3.72. The van der Waals surface area contributed by atoms with Crippen LogP contribution in [0.15, 0.2) is 146 Å². The van der Waals surface area contributed by atoms with Crippen LogP contribution in [0.5, 0.6) is 0 Å². The number of aromatic nitrogens is 2. The lowest BCUT2D eigenvalue weighted by Crippen LogP contribution is -2.00. The summed E-state index contributed by atoms with van der Waals surface area (Å²) in [5, 5.41) is 44.2. The van der Waals surface area contributed by atoms with Gasteiger partial charge in [-0.25, -0.2) is 0 Å². The molecule has 238 valence electrons. The zero-order valence-corrected chi connectivity index (χ0v) is 27.5. The van der Waals surface area contributed by atoms with E-state index in [1.54, 1.807) is 18.2 Å². The van der Waals surface area contributed by atoms with E-state index in [4.69, 9.17) is 0 Å². The lowest BCUT2D eigenvalue weighted by Gasteiger charge is -2.18. The molecule has 2 aromatic heterocycles. The molecular formula is C46H24N6. The van der Waals surface area contributed by atoms with Gasteiger partial charge in [-0.3, -0.25) is 0 Å². The molecule has 52 heavy (non-hydrogen) atoms. The van der Waals surface area contributed by atoms with Crippen LogP contribution in [0.4, 0.5) is 0 Å². The fourth-order valence-electron chi connectivity index (χ4n) is 7.59. The number of fused-ring (bicyclic) bond motifs is 6. The van der Waals surface area contributed by atoms with Gasteiger partial charge in [0.15, 0.2) is 0 Å². The Morgan fingerprint density at radius 2 is 0.865 bits per heavy atom. The summed E-state index contributed by atoms with van der Waals surface area (Å²) in [5.74, 6) is 0. The standard InChI is InChI=1S/C46H24N6/c47-25-29-13-17-35(34-18-16-33(24-32(34)28-50)51-42-10-4-1-7-36(42)37-8-2-5-11-43(37)51)39(21-29)38-9-3-6-12-44(38)52-45-19-14-30(26-48)22-40(45)41-23-31(27-49)15-20-46(41)52/h1-24H. The molecule has 0 unspecified atom stereocenters. The molecule has 9 aromatic rings. The van der Waals surface area contributed by atoms with Crippen LogP contribution in [0.25, 0.3) is 77.2 Å². The largest absolute Gasteiger partial charge is 0.309 e. The topological polar surface area (TPSA) is 105 Å². The predicted octanol–water partition coefficient (Wildman–Crippen LogP) is 10.7. The van der Waals surface area contributed by atoms with E-state index in [1.807, 2.05) is 97.1 Å². The van der Waals surface area contributed by atoms with Gasteiger partial charge in [0.05, 0.1) is 74.3 Å². The van der Waals surface area contributed by atoms with Crippen molar-refractivity contribution in [3.05, 3.63) is 168 Å². The highest BCUT2D eigenvalue weighted by molar-refractivity contribution is 6.11. The van der Waals surface area contributed by atoms with Crippen molar-refractivity contribution in [3.63, 3.8) is 0 Å². The van der Waals surface area contributed by atoms with Crippen LogP contribution in [0.1, 0.15) is 22.3 Å². The molecule has 0 aliphatic carbocycles. The molecule has 9 rings (SSSR count). The summed E-state index contributed by atoms with van der Waals surface area (Å²) >= 11 is 0. The van der Waals surface area contributed by atoms with Crippen LogP contribution in [0, 0.1) is 45.3 Å². The minimum atomic E-state index is 0.494. The molecule has 0 fully saturated rings. The average molecular weight is 661 g/mol. The third-order valence-corrected chi connectivity index (χ3v) is 9.86. The van der Waals surface area contributed by atoms with Crippen molar-refractivity contribution in [1.29, 1.82) is 21.0 Å². The highest BCUT2D eigenvalue weighted by atomic mass is 15.0. The molecule has 0 N–H and O–H groups in total. The van der Waals surface area contributed by atoms with E-state index in [1.165, 1.54) is 0 Å². The Kier molecular flexibility index (Phi) is 6.91. The number of nitriles is 4. The van der Waals surface area contributed by atoms with Crippen molar-refractivity contribution in [2.75, 3.05) is 0 Å². The van der Waals surface area contributed by atoms with Gasteiger partial charge >= 0.3 is 0 Å². The van der Waals surface area contributed by atoms with E-state index in [-0.39, 0.29) is 0 Å². The first-order chi connectivity index (χ1) is 25.6. The number of rotatable bonds is 4. The molecule has 0 spiro atoms. The van der Waals surface area contributed by atoms with Gasteiger partial charge < -0.3 is 9.13 Å². The number of nitrogens with zero attached hydrogens (tertiary/aromatic N) is 6. The maximum Gasteiger partial charge on any atom is 0.0998 e. The van der Waals surface area contributed by atoms with Crippen molar-refractivity contribution in [1.82, 2.24) is 9.13 Å². The smallest absolute Gasteiger partial charge is 0.0998 e. The second-order valence-corrected chi connectivity index (χ2v) is 12.6. The molecule has 0 aliphatic rings. The van der Waals surface area contributed by atoms with Crippen LogP contribution < -0.4 is 0 Å². The number of hydrogen-bond acceptors (Lipinski definition) is 4. The van der Waals surface area contributed by atoms with Crippen LogP contribution >= 0.6 is 0 Å². The quantitative estimate of drug-likeness (QED) is 0.187. The molecule has 0 atom stereocenters. The molecule has 0 radical (unpaired) electrons. The first-order valence-electron chi connectivity index (χ1n) is 16.7. The summed E-state index contributed by atoms with van der Waals surface area (Å²) in [6, 6.07) is 56.6. The van der Waals surface area contributed by atoms with Gasteiger partial charge in [0.25, 0.3) is 0 Å². The van der Waals surface area contributed by atoms with E-state index < -0.39 is 0 Å². The summed E-state index contributed by atoms with van der Waals surface area (Å²) in [5.41, 5.74) is 10.9. The van der Waals surface area contributed by atoms with Gasteiger partial charge in [-0.05, 0) is 90.0 Å². The molecule has 7 aromatic carbocycles. The minimum absolute atomic E-state index is 0.494. The van der Waals surface area contributed by atoms with Crippen LogP contribution in [-0.4, -0.2) is 9.13 Å². The van der Waals surface area contributed by atoms with Crippen LogP contribution in [0.3, 0.4) is 0 Å². The van der Waals surface area contributed by atoms with E-state index in [0.29, 0.717) is 22.3 Å². The Morgan fingerprint density at radius 3 is 1.48 bits per heavy atom. The molecule has 6 heteroatoms. The Balaban J connectivity index is 1.28. The first-order valence-corrected chi connectivity index (χ1v) is 16.7. The fraction of sp³-hybridized carbons (Fsp3) is 0. The zero-order chi connectivity index (χ0) is 35.3. The van der Waals surface area contributed by atoms with Crippen LogP contribution in [-0.2, 0) is 0 Å². The second kappa shape index (κ2) is 11.9. The van der Waals surface area contributed by atoms with Crippen molar-refractivity contribution in [2.45, 2.75) is 0 Å². The van der Waals surface area contributed by atoms with Crippen molar-refractivity contribution in [2.24, 2.45) is 0 Å². The molecule has 0 aliphatic heterocycles. The highest BCUT2D eigenvalue weighted by Crippen LogP contribution is 2.42. The van der Waals surface area contributed by atoms with Crippen LogP contribution in [0.2, 0.25) is 0 Å². The highest BCUT2D eigenvalue weighted by Gasteiger charge is 2.21. The number of para-hydroxylation sites is 3. The summed E-state index contributed by atoms with van der Waals surface area (Å²) in [6.45, 7) is 0. The molecule has 0 saturated heterocycles. The van der Waals surface area contributed by atoms with Gasteiger partial charge in [-0.15, -0.1) is 0 Å². The Labute approximate surface area is 298 Å². The van der Waals surface area contributed by atoms with E-state index in [2.05, 4.69) is 63.7 Å². The number of hydrogen-bond donors (Lipinski definition) is 0. The third-order valence-electron chi connectivity index (χ3n) is 9.86. The van der Waals surface area contributed by atoms with Crippen molar-refractivity contribution in [3.8, 4) is 57.9 Å². The zero-order valence-electron chi connectivity index (χ0n) is 27.5. The SMILES string of the molecule is N#Cc1ccc(-c2ccc(-n3c4ccccc4c4ccccc43)cc2C#N)c(-c2ccccc2-n2c3ccc(C#N)cc3c3cc(C#N)ccc32)c1. The molecule has 0 amide bonds. The van der Waals surface area contributed by atoms with Gasteiger partial charge in [0.2, 0.25) is 0 Å². The summed E-state index contributed by atoms with van der Waals surface area (Å²) in [4.78, 5) is 0. The van der Waals surface area contributed by atoms with E-state index in [9.17, 15) is 21.0 Å². The monoisotopic (exact) mass is 660 g/mol. The van der Waals surface area contributed by atoms with Crippen molar-refractivity contribution < 1.29 is 0 Å². The maximum absolute atomic E-state index is 10.7. The fourth-order valence-corrected chi connectivity index (χ4v) is 7.59. The lowest BCUT2D eigenvalue weighted by molar-refractivity contribution is 1.18. The molecule has 0 bridgehead atoms. The third kappa shape index (κ3) is 4.54. The molecule has 0 saturated carbocycles. The summed E-state index contributed by atoms with van der Waals surface area (Å²) < 4.78 is 4.34. The van der Waals surface area contributed by atoms with Gasteiger partial charge in [0, 0.05) is 38.4 Å². The number of benzene rings is 7. The molecular weight excluding hydrogens is 637 g/mol.